The first kappa shape index (κ1) is 11.9. The Hall–Kier alpha value is -0.600. The van der Waals surface area contributed by atoms with Crippen molar-refractivity contribution in [1.82, 2.24) is 5.32 Å². The van der Waals surface area contributed by atoms with Crippen LogP contribution in [0.4, 0.5) is 0 Å². The van der Waals surface area contributed by atoms with E-state index in [1.807, 2.05) is 11.3 Å². The van der Waals surface area contributed by atoms with Gasteiger partial charge in [0.15, 0.2) is 0 Å². The van der Waals surface area contributed by atoms with Crippen LogP contribution in [0.2, 0.25) is 0 Å². The van der Waals surface area contributed by atoms with Crippen LogP contribution in [0.1, 0.15) is 48.6 Å². The van der Waals surface area contributed by atoms with Gasteiger partial charge in [0.25, 0.3) is 0 Å². The molecule has 0 radical (unpaired) electrons. The molecular formula is C14H21NS. The fraction of sp³-hybridized carbons (Fsp3) is 0.571. The topological polar surface area (TPSA) is 12.0 Å². The zero-order valence-electron chi connectivity index (χ0n) is 10.3. The monoisotopic (exact) mass is 235 g/mol. The summed E-state index contributed by atoms with van der Waals surface area (Å²) >= 11 is 1.88. The Morgan fingerprint density at radius 2 is 2.31 bits per heavy atom. The summed E-state index contributed by atoms with van der Waals surface area (Å²) in [6.45, 7) is 2.21. The molecule has 1 aliphatic carbocycles. The van der Waals surface area contributed by atoms with E-state index < -0.39 is 0 Å². The van der Waals surface area contributed by atoms with E-state index in [0.717, 1.165) is 0 Å². The molecule has 0 bridgehead atoms. The first-order valence-corrected chi connectivity index (χ1v) is 7.08. The van der Waals surface area contributed by atoms with Crippen LogP contribution in [0, 0.1) is 6.92 Å². The molecule has 0 saturated carbocycles. The maximum atomic E-state index is 3.46. The number of thiophene rings is 1. The van der Waals surface area contributed by atoms with Gasteiger partial charge in [0, 0.05) is 10.9 Å². The van der Waals surface area contributed by atoms with Crippen molar-refractivity contribution in [1.29, 1.82) is 0 Å². The highest BCUT2D eigenvalue weighted by Crippen LogP contribution is 2.31. The van der Waals surface area contributed by atoms with E-state index in [4.69, 9.17) is 0 Å². The van der Waals surface area contributed by atoms with E-state index in [-0.39, 0.29) is 0 Å². The molecule has 1 aromatic heterocycles. The van der Waals surface area contributed by atoms with Crippen LogP contribution in [0.5, 0.6) is 0 Å². The summed E-state index contributed by atoms with van der Waals surface area (Å²) in [4.78, 5) is 1.51. The van der Waals surface area contributed by atoms with Gasteiger partial charge in [-0.15, -0.1) is 11.3 Å². The van der Waals surface area contributed by atoms with Crippen molar-refractivity contribution in [2.75, 3.05) is 7.05 Å². The normalized spacial score (nSPS) is 18.2. The first-order valence-electron chi connectivity index (χ1n) is 6.20. The summed E-state index contributed by atoms with van der Waals surface area (Å²) in [5.74, 6) is 0. The van der Waals surface area contributed by atoms with Crippen molar-refractivity contribution in [2.24, 2.45) is 0 Å². The lowest BCUT2D eigenvalue weighted by Gasteiger charge is -2.20. The predicted octanol–water partition coefficient (Wildman–Crippen LogP) is 4.21. The predicted molar refractivity (Wildman–Crippen MR) is 72.0 cm³/mol. The molecular weight excluding hydrogens is 214 g/mol. The third-order valence-corrected chi connectivity index (χ3v) is 4.55. The lowest BCUT2D eigenvalue weighted by Crippen LogP contribution is -2.17. The van der Waals surface area contributed by atoms with Gasteiger partial charge in [0.2, 0.25) is 0 Å². The van der Waals surface area contributed by atoms with Crippen molar-refractivity contribution in [2.45, 2.75) is 45.1 Å². The van der Waals surface area contributed by atoms with Gasteiger partial charge in [0.05, 0.1) is 0 Å². The highest BCUT2D eigenvalue weighted by Gasteiger charge is 2.15. The number of rotatable bonds is 4. The zero-order valence-corrected chi connectivity index (χ0v) is 11.1. The molecule has 88 valence electrons. The van der Waals surface area contributed by atoms with Crippen molar-refractivity contribution < 1.29 is 0 Å². The van der Waals surface area contributed by atoms with Crippen LogP contribution >= 0.6 is 11.3 Å². The second-order valence-electron chi connectivity index (χ2n) is 4.62. The Kier molecular flexibility index (Phi) is 4.19. The Morgan fingerprint density at radius 1 is 1.44 bits per heavy atom. The molecule has 0 fully saturated rings. The molecule has 1 heterocycles. The van der Waals surface area contributed by atoms with E-state index >= 15 is 0 Å². The Bertz CT molecular complexity index is 365. The standard InChI is InChI=1S/C14H21NS/c1-11-8-9-16-14(11)13(15-2)10-12-6-4-3-5-7-12/h6,8-9,13,15H,3-5,7,10H2,1-2H3. The molecule has 1 aliphatic rings. The second-order valence-corrected chi connectivity index (χ2v) is 5.57. The van der Waals surface area contributed by atoms with E-state index in [0.29, 0.717) is 6.04 Å². The van der Waals surface area contributed by atoms with Crippen molar-refractivity contribution in [3.63, 3.8) is 0 Å². The van der Waals surface area contributed by atoms with Crippen LogP contribution in [-0.4, -0.2) is 7.05 Å². The number of aryl methyl sites for hydroxylation is 1. The SMILES string of the molecule is CNC(CC1=CCCCC1)c1sccc1C. The average Bonchev–Trinajstić information content (AvgIpc) is 2.74. The molecule has 0 spiro atoms. The van der Waals surface area contributed by atoms with E-state index in [1.54, 1.807) is 5.57 Å². The number of hydrogen-bond acceptors (Lipinski definition) is 2. The number of nitrogens with one attached hydrogen (secondary N) is 1. The zero-order chi connectivity index (χ0) is 11.4. The molecule has 0 aromatic carbocycles. The largest absolute Gasteiger partial charge is 0.312 e. The highest BCUT2D eigenvalue weighted by atomic mass is 32.1. The quantitative estimate of drug-likeness (QED) is 0.771. The summed E-state index contributed by atoms with van der Waals surface area (Å²) in [5, 5.41) is 5.66. The number of allylic oxidation sites excluding steroid dienone is 1. The third kappa shape index (κ3) is 2.74. The van der Waals surface area contributed by atoms with Crippen molar-refractivity contribution in [3.8, 4) is 0 Å². The summed E-state index contributed by atoms with van der Waals surface area (Å²) in [6.07, 6.45) is 9.00. The first-order chi connectivity index (χ1) is 7.81. The van der Waals surface area contributed by atoms with E-state index in [1.165, 1.54) is 42.5 Å². The fourth-order valence-corrected chi connectivity index (χ4v) is 3.46. The van der Waals surface area contributed by atoms with Gasteiger partial charge in [-0.05, 0) is 63.1 Å². The fourth-order valence-electron chi connectivity index (χ4n) is 2.42. The van der Waals surface area contributed by atoms with Gasteiger partial charge in [0.1, 0.15) is 0 Å². The van der Waals surface area contributed by atoms with Gasteiger partial charge < -0.3 is 5.32 Å². The van der Waals surface area contributed by atoms with Crippen molar-refractivity contribution >= 4 is 11.3 Å². The van der Waals surface area contributed by atoms with Gasteiger partial charge in [-0.2, -0.15) is 0 Å². The maximum Gasteiger partial charge on any atom is 0.0452 e. The van der Waals surface area contributed by atoms with Crippen LogP contribution in [0.3, 0.4) is 0 Å². The molecule has 1 aromatic rings. The average molecular weight is 235 g/mol. The van der Waals surface area contributed by atoms with Crippen LogP contribution in [-0.2, 0) is 0 Å². The van der Waals surface area contributed by atoms with Crippen LogP contribution in [0.15, 0.2) is 23.1 Å². The minimum atomic E-state index is 0.518. The van der Waals surface area contributed by atoms with Gasteiger partial charge >= 0.3 is 0 Å². The molecule has 1 atom stereocenters. The van der Waals surface area contributed by atoms with Crippen LogP contribution < -0.4 is 5.32 Å². The lowest BCUT2D eigenvalue weighted by atomic mass is 9.93. The Morgan fingerprint density at radius 3 is 2.88 bits per heavy atom. The van der Waals surface area contributed by atoms with Crippen molar-refractivity contribution in [3.05, 3.63) is 33.5 Å². The maximum absolute atomic E-state index is 3.46. The Balaban J connectivity index is 2.06. The molecule has 2 rings (SSSR count). The van der Waals surface area contributed by atoms with Gasteiger partial charge in [-0.1, -0.05) is 11.6 Å². The molecule has 1 N–H and O–H groups in total. The molecule has 1 unspecified atom stereocenters. The molecule has 16 heavy (non-hydrogen) atoms. The van der Waals surface area contributed by atoms with E-state index in [9.17, 15) is 0 Å². The van der Waals surface area contributed by atoms with E-state index in [2.05, 4.69) is 36.8 Å². The summed E-state index contributed by atoms with van der Waals surface area (Å²) < 4.78 is 0. The highest BCUT2D eigenvalue weighted by molar-refractivity contribution is 7.10. The smallest absolute Gasteiger partial charge is 0.0452 e. The molecule has 1 nitrogen and oxygen atoms in total. The van der Waals surface area contributed by atoms with Gasteiger partial charge in [-0.25, -0.2) is 0 Å². The van der Waals surface area contributed by atoms with Gasteiger partial charge in [-0.3, -0.25) is 0 Å². The lowest BCUT2D eigenvalue weighted by molar-refractivity contribution is 0.564. The molecule has 0 saturated heterocycles. The molecule has 2 heteroatoms. The number of hydrogen-bond donors (Lipinski definition) is 1. The van der Waals surface area contributed by atoms with Crippen LogP contribution in [0.25, 0.3) is 0 Å². The molecule has 0 amide bonds. The minimum absolute atomic E-state index is 0.518. The second kappa shape index (κ2) is 5.65. The summed E-state index contributed by atoms with van der Waals surface area (Å²) in [6, 6.07) is 2.74. The third-order valence-electron chi connectivity index (χ3n) is 3.42. The minimum Gasteiger partial charge on any atom is -0.312 e. The summed E-state index contributed by atoms with van der Waals surface area (Å²) in [5.41, 5.74) is 3.08. The Labute approximate surface area is 103 Å². The summed E-state index contributed by atoms with van der Waals surface area (Å²) in [7, 11) is 2.08. The molecule has 0 aliphatic heterocycles.